The Bertz CT molecular complexity index is 456. The Kier molecular flexibility index (Phi) is 4.84. The van der Waals surface area contributed by atoms with Gasteiger partial charge in [0.25, 0.3) is 0 Å². The van der Waals surface area contributed by atoms with Crippen LogP contribution in [0, 0.1) is 0 Å². The first-order valence-corrected chi connectivity index (χ1v) is 7.07. The SMILES string of the molecule is COc1ccccc1NCC(=O)NC1(CN)CCCC1. The predicted octanol–water partition coefficient (Wildman–Crippen LogP) is 1.49. The van der Waals surface area contributed by atoms with Crippen LogP contribution in [0.4, 0.5) is 5.69 Å². The minimum Gasteiger partial charge on any atom is -0.495 e. The zero-order chi connectivity index (χ0) is 14.4. The molecular weight excluding hydrogens is 254 g/mol. The summed E-state index contributed by atoms with van der Waals surface area (Å²) in [5.41, 5.74) is 6.44. The summed E-state index contributed by atoms with van der Waals surface area (Å²) < 4.78 is 5.24. The molecule has 0 atom stereocenters. The summed E-state index contributed by atoms with van der Waals surface area (Å²) in [7, 11) is 1.61. The normalized spacial score (nSPS) is 16.7. The Morgan fingerprint density at radius 3 is 2.70 bits per heavy atom. The van der Waals surface area contributed by atoms with E-state index in [1.165, 1.54) is 0 Å². The second-order valence-electron chi connectivity index (χ2n) is 5.29. The van der Waals surface area contributed by atoms with Crippen molar-refractivity contribution in [2.24, 2.45) is 5.73 Å². The lowest BCUT2D eigenvalue weighted by Gasteiger charge is -2.28. The number of anilines is 1. The fourth-order valence-corrected chi connectivity index (χ4v) is 2.74. The number of hydrogen-bond acceptors (Lipinski definition) is 4. The van der Waals surface area contributed by atoms with Crippen LogP contribution in [0.5, 0.6) is 5.75 Å². The van der Waals surface area contributed by atoms with E-state index in [4.69, 9.17) is 10.5 Å². The number of amides is 1. The van der Waals surface area contributed by atoms with Gasteiger partial charge < -0.3 is 21.1 Å². The van der Waals surface area contributed by atoms with Crippen molar-refractivity contribution in [2.45, 2.75) is 31.2 Å². The van der Waals surface area contributed by atoms with Gasteiger partial charge in [0.15, 0.2) is 0 Å². The smallest absolute Gasteiger partial charge is 0.239 e. The van der Waals surface area contributed by atoms with E-state index in [2.05, 4.69) is 10.6 Å². The van der Waals surface area contributed by atoms with Gasteiger partial charge in [-0.15, -0.1) is 0 Å². The molecular formula is C15H23N3O2. The largest absolute Gasteiger partial charge is 0.495 e. The molecule has 1 fully saturated rings. The number of carbonyl (C=O) groups is 1. The highest BCUT2D eigenvalue weighted by Gasteiger charge is 2.33. The molecule has 20 heavy (non-hydrogen) atoms. The summed E-state index contributed by atoms with van der Waals surface area (Å²) in [6, 6.07) is 7.55. The third-order valence-corrected chi connectivity index (χ3v) is 3.90. The molecule has 0 heterocycles. The first-order valence-electron chi connectivity index (χ1n) is 7.07. The van der Waals surface area contributed by atoms with Crippen molar-refractivity contribution < 1.29 is 9.53 Å². The quantitative estimate of drug-likeness (QED) is 0.736. The van der Waals surface area contributed by atoms with Gasteiger partial charge in [0.2, 0.25) is 5.91 Å². The second kappa shape index (κ2) is 6.61. The number of methoxy groups -OCH3 is 1. The van der Waals surface area contributed by atoms with Crippen LogP contribution in [0.25, 0.3) is 0 Å². The van der Waals surface area contributed by atoms with Crippen molar-refractivity contribution in [1.29, 1.82) is 0 Å². The Balaban J connectivity index is 1.89. The molecule has 110 valence electrons. The van der Waals surface area contributed by atoms with Gasteiger partial charge in [-0.25, -0.2) is 0 Å². The monoisotopic (exact) mass is 277 g/mol. The van der Waals surface area contributed by atoms with Crippen molar-refractivity contribution in [3.05, 3.63) is 24.3 Å². The highest BCUT2D eigenvalue weighted by molar-refractivity contribution is 5.82. The molecule has 0 spiro atoms. The fraction of sp³-hybridized carbons (Fsp3) is 0.533. The van der Waals surface area contributed by atoms with Gasteiger partial charge in [0, 0.05) is 6.54 Å². The standard InChI is InChI=1S/C15H23N3O2/c1-20-13-7-3-2-6-12(13)17-10-14(19)18-15(11-16)8-4-5-9-15/h2-3,6-7,17H,4-5,8-11,16H2,1H3,(H,18,19). The van der Waals surface area contributed by atoms with E-state index in [0.717, 1.165) is 37.1 Å². The Hall–Kier alpha value is -1.75. The van der Waals surface area contributed by atoms with Gasteiger partial charge in [-0.05, 0) is 25.0 Å². The van der Waals surface area contributed by atoms with Crippen LogP contribution in [0.3, 0.4) is 0 Å². The van der Waals surface area contributed by atoms with Gasteiger partial charge in [0.1, 0.15) is 5.75 Å². The molecule has 0 radical (unpaired) electrons. The number of ether oxygens (including phenoxy) is 1. The van der Waals surface area contributed by atoms with Crippen LogP contribution in [0.2, 0.25) is 0 Å². The molecule has 0 bridgehead atoms. The number of benzene rings is 1. The zero-order valence-electron chi connectivity index (χ0n) is 11.9. The summed E-state index contributed by atoms with van der Waals surface area (Å²) in [5.74, 6) is 0.706. The highest BCUT2D eigenvalue weighted by atomic mass is 16.5. The van der Waals surface area contributed by atoms with E-state index in [0.29, 0.717) is 6.54 Å². The van der Waals surface area contributed by atoms with E-state index >= 15 is 0 Å². The molecule has 4 N–H and O–H groups in total. The van der Waals surface area contributed by atoms with Crippen LogP contribution in [-0.4, -0.2) is 31.6 Å². The van der Waals surface area contributed by atoms with Crippen LogP contribution in [0.1, 0.15) is 25.7 Å². The van der Waals surface area contributed by atoms with Crippen LogP contribution in [-0.2, 0) is 4.79 Å². The van der Waals surface area contributed by atoms with Crippen LogP contribution < -0.4 is 21.1 Å². The maximum atomic E-state index is 12.1. The molecule has 1 aliphatic carbocycles. The lowest BCUT2D eigenvalue weighted by molar-refractivity contribution is -0.121. The van der Waals surface area contributed by atoms with Crippen molar-refractivity contribution in [3.63, 3.8) is 0 Å². The lowest BCUT2D eigenvalue weighted by Crippen LogP contribution is -2.53. The van der Waals surface area contributed by atoms with E-state index in [1.54, 1.807) is 7.11 Å². The van der Waals surface area contributed by atoms with Crippen molar-refractivity contribution in [2.75, 3.05) is 25.5 Å². The lowest BCUT2D eigenvalue weighted by atomic mass is 9.98. The van der Waals surface area contributed by atoms with Gasteiger partial charge in [-0.3, -0.25) is 4.79 Å². The summed E-state index contributed by atoms with van der Waals surface area (Å²) >= 11 is 0. The summed E-state index contributed by atoms with van der Waals surface area (Å²) in [6.45, 7) is 0.732. The Morgan fingerprint density at radius 2 is 2.05 bits per heavy atom. The molecule has 5 nitrogen and oxygen atoms in total. The average molecular weight is 277 g/mol. The van der Waals surface area contributed by atoms with Gasteiger partial charge in [0.05, 0.1) is 24.9 Å². The molecule has 0 saturated heterocycles. The number of hydrogen-bond donors (Lipinski definition) is 3. The average Bonchev–Trinajstić information content (AvgIpc) is 2.94. The molecule has 5 heteroatoms. The van der Waals surface area contributed by atoms with E-state index in [9.17, 15) is 4.79 Å². The first kappa shape index (κ1) is 14.7. The number of nitrogens with one attached hydrogen (secondary N) is 2. The number of para-hydroxylation sites is 2. The van der Waals surface area contributed by atoms with E-state index in [1.807, 2.05) is 24.3 Å². The van der Waals surface area contributed by atoms with Gasteiger partial charge >= 0.3 is 0 Å². The zero-order valence-corrected chi connectivity index (χ0v) is 11.9. The van der Waals surface area contributed by atoms with Crippen molar-refractivity contribution >= 4 is 11.6 Å². The van der Waals surface area contributed by atoms with Crippen molar-refractivity contribution in [3.8, 4) is 5.75 Å². The third-order valence-electron chi connectivity index (χ3n) is 3.90. The van der Waals surface area contributed by atoms with Gasteiger partial charge in [-0.1, -0.05) is 25.0 Å². The summed E-state index contributed by atoms with van der Waals surface area (Å²) in [6.07, 6.45) is 4.22. The molecule has 1 aliphatic rings. The van der Waals surface area contributed by atoms with Crippen LogP contribution >= 0.6 is 0 Å². The van der Waals surface area contributed by atoms with E-state index < -0.39 is 0 Å². The molecule has 2 rings (SSSR count). The molecule has 1 aromatic rings. The van der Waals surface area contributed by atoms with Gasteiger partial charge in [-0.2, -0.15) is 0 Å². The minimum absolute atomic E-state index is 0.0248. The number of nitrogens with two attached hydrogens (primary N) is 1. The van der Waals surface area contributed by atoms with E-state index in [-0.39, 0.29) is 18.0 Å². The topological polar surface area (TPSA) is 76.4 Å². The second-order valence-corrected chi connectivity index (χ2v) is 5.29. The predicted molar refractivity (Wildman–Crippen MR) is 79.9 cm³/mol. The molecule has 1 amide bonds. The number of carbonyl (C=O) groups excluding carboxylic acids is 1. The number of rotatable bonds is 6. The molecule has 1 aromatic carbocycles. The minimum atomic E-state index is -0.195. The van der Waals surface area contributed by atoms with Crippen LogP contribution in [0.15, 0.2) is 24.3 Å². The Labute approximate surface area is 119 Å². The third kappa shape index (κ3) is 3.42. The highest BCUT2D eigenvalue weighted by Crippen LogP contribution is 2.28. The maximum absolute atomic E-state index is 12.1. The first-order chi connectivity index (χ1) is 9.69. The van der Waals surface area contributed by atoms with Crippen molar-refractivity contribution in [1.82, 2.24) is 5.32 Å². The molecule has 1 saturated carbocycles. The molecule has 0 unspecified atom stereocenters. The maximum Gasteiger partial charge on any atom is 0.239 e. The molecule has 0 aromatic heterocycles. The fourth-order valence-electron chi connectivity index (χ4n) is 2.74. The summed E-state index contributed by atoms with van der Waals surface area (Å²) in [4.78, 5) is 12.1. The molecule has 0 aliphatic heterocycles. The Morgan fingerprint density at radius 1 is 1.35 bits per heavy atom. The summed E-state index contributed by atoms with van der Waals surface area (Å²) in [5, 5.41) is 6.18.